The standard InChI is InChI=1S/C13H17N3/c1-10-5-6-11(7-10)9-15-13-4-2-3-12(8-14)16-13/h2-4,10-11H,5-7,9H2,1H3,(H,15,16). The summed E-state index contributed by atoms with van der Waals surface area (Å²) >= 11 is 0. The third-order valence-electron chi connectivity index (χ3n) is 3.24. The third kappa shape index (κ3) is 2.73. The summed E-state index contributed by atoms with van der Waals surface area (Å²) in [5.41, 5.74) is 0.477. The number of hydrogen-bond donors (Lipinski definition) is 1. The monoisotopic (exact) mass is 215 g/mol. The molecule has 2 atom stereocenters. The molecule has 1 aliphatic rings. The molecule has 0 aliphatic heterocycles. The Bertz CT molecular complexity index is 394. The smallest absolute Gasteiger partial charge is 0.142 e. The molecule has 0 saturated heterocycles. The molecule has 3 heteroatoms. The lowest BCUT2D eigenvalue weighted by Gasteiger charge is -2.11. The van der Waals surface area contributed by atoms with Crippen LogP contribution in [-0.4, -0.2) is 11.5 Å². The molecule has 1 aromatic rings. The molecule has 2 unspecified atom stereocenters. The molecule has 0 radical (unpaired) electrons. The Kier molecular flexibility index (Phi) is 3.40. The fourth-order valence-electron chi connectivity index (χ4n) is 2.35. The SMILES string of the molecule is CC1CCC(CNc2cccc(C#N)n2)C1. The van der Waals surface area contributed by atoms with E-state index in [0.29, 0.717) is 5.69 Å². The van der Waals surface area contributed by atoms with Gasteiger partial charge in [0.2, 0.25) is 0 Å². The summed E-state index contributed by atoms with van der Waals surface area (Å²) in [5.74, 6) is 2.45. The molecule has 3 nitrogen and oxygen atoms in total. The van der Waals surface area contributed by atoms with Crippen LogP contribution in [0.5, 0.6) is 0 Å². The zero-order valence-electron chi connectivity index (χ0n) is 9.61. The molecule has 1 saturated carbocycles. The minimum absolute atomic E-state index is 0.477. The average molecular weight is 215 g/mol. The van der Waals surface area contributed by atoms with Gasteiger partial charge in [0.1, 0.15) is 17.6 Å². The lowest BCUT2D eigenvalue weighted by atomic mass is 10.1. The second kappa shape index (κ2) is 4.98. The zero-order chi connectivity index (χ0) is 11.4. The highest BCUT2D eigenvalue weighted by Crippen LogP contribution is 2.30. The van der Waals surface area contributed by atoms with Gasteiger partial charge in [0.25, 0.3) is 0 Å². The van der Waals surface area contributed by atoms with E-state index in [-0.39, 0.29) is 0 Å². The van der Waals surface area contributed by atoms with Crippen LogP contribution in [-0.2, 0) is 0 Å². The first-order valence-corrected chi connectivity index (χ1v) is 5.89. The van der Waals surface area contributed by atoms with Crippen molar-refractivity contribution in [1.82, 2.24) is 4.98 Å². The maximum Gasteiger partial charge on any atom is 0.142 e. The van der Waals surface area contributed by atoms with Crippen molar-refractivity contribution in [2.24, 2.45) is 11.8 Å². The van der Waals surface area contributed by atoms with Crippen LogP contribution < -0.4 is 5.32 Å². The summed E-state index contributed by atoms with van der Waals surface area (Å²) in [4.78, 5) is 4.20. The van der Waals surface area contributed by atoms with E-state index in [4.69, 9.17) is 5.26 Å². The lowest BCUT2D eigenvalue weighted by molar-refractivity contribution is 0.536. The van der Waals surface area contributed by atoms with Gasteiger partial charge in [-0.15, -0.1) is 0 Å². The number of aromatic nitrogens is 1. The highest BCUT2D eigenvalue weighted by atomic mass is 15.0. The summed E-state index contributed by atoms with van der Waals surface area (Å²) in [6.45, 7) is 3.29. The van der Waals surface area contributed by atoms with Crippen LogP contribution in [0.3, 0.4) is 0 Å². The van der Waals surface area contributed by atoms with Gasteiger partial charge in [0.05, 0.1) is 0 Å². The molecule has 16 heavy (non-hydrogen) atoms. The average Bonchev–Trinajstić information content (AvgIpc) is 2.73. The van der Waals surface area contributed by atoms with Crippen molar-refractivity contribution < 1.29 is 0 Å². The summed E-state index contributed by atoms with van der Waals surface area (Å²) in [7, 11) is 0. The Hall–Kier alpha value is -1.56. The van der Waals surface area contributed by atoms with Crippen LogP contribution in [0, 0.1) is 23.2 Å². The molecule has 1 aliphatic carbocycles. The number of nitrogens with one attached hydrogen (secondary N) is 1. The first-order chi connectivity index (χ1) is 7.78. The number of nitrogens with zero attached hydrogens (tertiary/aromatic N) is 2. The topological polar surface area (TPSA) is 48.7 Å². The Balaban J connectivity index is 1.87. The highest BCUT2D eigenvalue weighted by Gasteiger charge is 2.20. The summed E-state index contributed by atoms with van der Waals surface area (Å²) in [6.07, 6.45) is 3.97. The van der Waals surface area contributed by atoms with Gasteiger partial charge in [-0.1, -0.05) is 19.4 Å². The first kappa shape index (κ1) is 10.9. The Morgan fingerprint density at radius 2 is 2.38 bits per heavy atom. The molecule has 2 rings (SSSR count). The quantitative estimate of drug-likeness (QED) is 0.843. The van der Waals surface area contributed by atoms with Gasteiger partial charge >= 0.3 is 0 Å². The van der Waals surface area contributed by atoms with Crippen LogP contribution in [0.2, 0.25) is 0 Å². The number of nitriles is 1. The second-order valence-corrected chi connectivity index (χ2v) is 4.69. The summed E-state index contributed by atoms with van der Waals surface area (Å²) in [6, 6.07) is 7.56. The van der Waals surface area contributed by atoms with Gasteiger partial charge in [0, 0.05) is 6.54 Å². The molecule has 0 bridgehead atoms. The Morgan fingerprint density at radius 3 is 3.06 bits per heavy atom. The number of rotatable bonds is 3. The van der Waals surface area contributed by atoms with Gasteiger partial charge in [-0.25, -0.2) is 4.98 Å². The van der Waals surface area contributed by atoms with E-state index in [1.165, 1.54) is 19.3 Å². The molecular weight excluding hydrogens is 198 g/mol. The van der Waals surface area contributed by atoms with Crippen LogP contribution >= 0.6 is 0 Å². The van der Waals surface area contributed by atoms with Gasteiger partial charge in [-0.2, -0.15) is 5.26 Å². The maximum absolute atomic E-state index is 8.74. The van der Waals surface area contributed by atoms with E-state index in [1.54, 1.807) is 6.07 Å². The molecule has 84 valence electrons. The van der Waals surface area contributed by atoms with E-state index in [2.05, 4.69) is 23.3 Å². The fourth-order valence-corrected chi connectivity index (χ4v) is 2.35. The molecule has 1 aromatic heterocycles. The van der Waals surface area contributed by atoms with E-state index in [0.717, 1.165) is 24.2 Å². The van der Waals surface area contributed by atoms with E-state index in [1.807, 2.05) is 12.1 Å². The van der Waals surface area contributed by atoms with Crippen molar-refractivity contribution in [3.63, 3.8) is 0 Å². The van der Waals surface area contributed by atoms with Crippen LogP contribution in [0.4, 0.5) is 5.82 Å². The van der Waals surface area contributed by atoms with Gasteiger partial charge in [-0.05, 0) is 36.8 Å². The molecule has 0 spiro atoms. The van der Waals surface area contributed by atoms with Crippen molar-refractivity contribution in [2.45, 2.75) is 26.2 Å². The lowest BCUT2D eigenvalue weighted by Crippen LogP contribution is -2.12. The summed E-state index contributed by atoms with van der Waals surface area (Å²) in [5, 5.41) is 12.1. The van der Waals surface area contributed by atoms with E-state index >= 15 is 0 Å². The molecular formula is C13H17N3. The van der Waals surface area contributed by atoms with E-state index < -0.39 is 0 Å². The molecule has 0 aromatic carbocycles. The predicted molar refractivity (Wildman–Crippen MR) is 63.9 cm³/mol. The zero-order valence-corrected chi connectivity index (χ0v) is 9.61. The van der Waals surface area contributed by atoms with Crippen LogP contribution in [0.1, 0.15) is 31.9 Å². The Labute approximate surface area is 96.5 Å². The first-order valence-electron chi connectivity index (χ1n) is 5.89. The predicted octanol–water partition coefficient (Wildman–Crippen LogP) is 2.80. The van der Waals surface area contributed by atoms with Crippen LogP contribution in [0.25, 0.3) is 0 Å². The highest BCUT2D eigenvalue weighted by molar-refractivity contribution is 5.38. The third-order valence-corrected chi connectivity index (χ3v) is 3.24. The Morgan fingerprint density at radius 1 is 1.50 bits per heavy atom. The van der Waals surface area contributed by atoms with Crippen molar-refractivity contribution in [3.8, 4) is 6.07 Å². The number of pyridine rings is 1. The van der Waals surface area contributed by atoms with Gasteiger partial charge < -0.3 is 5.32 Å². The largest absolute Gasteiger partial charge is 0.370 e. The minimum atomic E-state index is 0.477. The van der Waals surface area contributed by atoms with Crippen molar-refractivity contribution in [1.29, 1.82) is 5.26 Å². The fraction of sp³-hybridized carbons (Fsp3) is 0.538. The van der Waals surface area contributed by atoms with Crippen molar-refractivity contribution >= 4 is 5.82 Å². The number of anilines is 1. The van der Waals surface area contributed by atoms with Crippen molar-refractivity contribution in [2.75, 3.05) is 11.9 Å². The normalized spacial score (nSPS) is 24.0. The van der Waals surface area contributed by atoms with Crippen LogP contribution in [0.15, 0.2) is 18.2 Å². The molecule has 0 amide bonds. The van der Waals surface area contributed by atoms with Crippen molar-refractivity contribution in [3.05, 3.63) is 23.9 Å². The molecule has 1 heterocycles. The van der Waals surface area contributed by atoms with Gasteiger partial charge in [0.15, 0.2) is 0 Å². The summed E-state index contributed by atoms with van der Waals surface area (Å²) < 4.78 is 0. The maximum atomic E-state index is 8.74. The number of hydrogen-bond acceptors (Lipinski definition) is 3. The van der Waals surface area contributed by atoms with Gasteiger partial charge in [-0.3, -0.25) is 0 Å². The second-order valence-electron chi connectivity index (χ2n) is 4.69. The molecule has 1 fully saturated rings. The minimum Gasteiger partial charge on any atom is -0.370 e. The van der Waals surface area contributed by atoms with E-state index in [9.17, 15) is 0 Å². The molecule has 1 N–H and O–H groups in total.